The number of nitrogens with zero attached hydrogens (tertiary/aromatic N) is 2. The van der Waals surface area contributed by atoms with Crippen LogP contribution in [0.1, 0.15) is 50.5 Å². The molecule has 0 saturated heterocycles. The zero-order valence-corrected chi connectivity index (χ0v) is 17.3. The summed E-state index contributed by atoms with van der Waals surface area (Å²) in [5.41, 5.74) is 3.61. The summed E-state index contributed by atoms with van der Waals surface area (Å²) in [6.07, 6.45) is 7.50. The number of rotatable bonds is 6. The van der Waals surface area contributed by atoms with E-state index in [0.717, 1.165) is 23.3 Å². The van der Waals surface area contributed by atoms with Crippen LogP contribution in [0.25, 0.3) is 0 Å². The number of nitrogens with one attached hydrogen (secondary N) is 3. The maximum absolute atomic E-state index is 12.8. The van der Waals surface area contributed by atoms with Crippen LogP contribution < -0.4 is 10.7 Å². The number of hydrogen-bond acceptors (Lipinski definition) is 5. The van der Waals surface area contributed by atoms with Crippen LogP contribution in [-0.2, 0) is 11.3 Å². The summed E-state index contributed by atoms with van der Waals surface area (Å²) in [7, 11) is 0. The van der Waals surface area contributed by atoms with Gasteiger partial charge in [0.15, 0.2) is 3.95 Å². The SMILES string of the molecule is O=C(Nc1n[nH]c(=S)s1)NN(Cc1ccccc1)C(=O)CCC1CCCCC1. The van der Waals surface area contributed by atoms with E-state index in [0.29, 0.717) is 28.0 Å². The predicted octanol–water partition coefficient (Wildman–Crippen LogP) is 4.63. The first-order valence-corrected chi connectivity index (χ1v) is 10.8. The highest BCUT2D eigenvalue weighted by Gasteiger charge is 2.20. The molecule has 1 heterocycles. The van der Waals surface area contributed by atoms with E-state index in [1.165, 1.54) is 37.1 Å². The molecule has 1 aliphatic carbocycles. The number of carbonyl (C=O) groups is 2. The first kappa shape index (κ1) is 20.5. The van der Waals surface area contributed by atoms with E-state index >= 15 is 0 Å². The number of benzene rings is 1. The van der Waals surface area contributed by atoms with Gasteiger partial charge < -0.3 is 0 Å². The monoisotopic (exact) mass is 419 g/mol. The number of H-pyrrole nitrogens is 1. The molecule has 0 radical (unpaired) electrons. The van der Waals surface area contributed by atoms with Crippen LogP contribution in [0.15, 0.2) is 30.3 Å². The summed E-state index contributed by atoms with van der Waals surface area (Å²) in [5.74, 6) is 0.528. The van der Waals surface area contributed by atoms with Gasteiger partial charge in [0.25, 0.3) is 0 Å². The van der Waals surface area contributed by atoms with Crippen LogP contribution in [-0.4, -0.2) is 27.1 Å². The third-order valence-electron chi connectivity index (χ3n) is 4.87. The first-order chi connectivity index (χ1) is 13.6. The van der Waals surface area contributed by atoms with Gasteiger partial charge in [0.1, 0.15) is 0 Å². The molecule has 0 bridgehead atoms. The lowest BCUT2D eigenvalue weighted by atomic mass is 9.86. The molecule has 0 spiro atoms. The first-order valence-electron chi connectivity index (χ1n) is 9.57. The number of carbonyl (C=O) groups excluding carboxylic acids is 2. The fraction of sp³-hybridized carbons (Fsp3) is 0.474. The van der Waals surface area contributed by atoms with Gasteiger partial charge in [0.05, 0.1) is 6.54 Å². The Labute approximate surface area is 173 Å². The smallest absolute Gasteiger partial charge is 0.281 e. The highest BCUT2D eigenvalue weighted by molar-refractivity contribution is 7.73. The van der Waals surface area contributed by atoms with Gasteiger partial charge >= 0.3 is 6.03 Å². The molecule has 1 aromatic heterocycles. The number of anilines is 1. The van der Waals surface area contributed by atoms with Gasteiger partial charge in [-0.3, -0.25) is 15.2 Å². The summed E-state index contributed by atoms with van der Waals surface area (Å²) in [6.45, 7) is 0.314. The summed E-state index contributed by atoms with van der Waals surface area (Å²) < 4.78 is 0.472. The van der Waals surface area contributed by atoms with Crippen molar-refractivity contribution in [1.82, 2.24) is 20.6 Å². The number of aromatic nitrogens is 2. The van der Waals surface area contributed by atoms with Crippen molar-refractivity contribution >= 4 is 40.6 Å². The molecule has 1 saturated carbocycles. The Hall–Kier alpha value is -2.26. The van der Waals surface area contributed by atoms with E-state index in [9.17, 15) is 9.59 Å². The average molecular weight is 420 g/mol. The Kier molecular flexibility index (Phi) is 7.55. The minimum Gasteiger partial charge on any atom is -0.281 e. The van der Waals surface area contributed by atoms with Crippen LogP contribution in [0, 0.1) is 9.87 Å². The van der Waals surface area contributed by atoms with Crippen molar-refractivity contribution in [3.63, 3.8) is 0 Å². The second-order valence-electron chi connectivity index (χ2n) is 6.99. The normalized spacial score (nSPS) is 14.4. The topological polar surface area (TPSA) is 90.1 Å². The lowest BCUT2D eigenvalue weighted by molar-refractivity contribution is -0.134. The third kappa shape index (κ3) is 6.42. The lowest BCUT2D eigenvalue weighted by Gasteiger charge is -2.25. The van der Waals surface area contributed by atoms with Crippen molar-refractivity contribution in [2.45, 2.75) is 51.5 Å². The molecular formula is C19H25N5O2S2. The number of aromatic amines is 1. The molecule has 1 aromatic carbocycles. The summed E-state index contributed by atoms with van der Waals surface area (Å²) in [5, 5.41) is 10.9. The Morgan fingerprint density at radius 2 is 1.96 bits per heavy atom. The summed E-state index contributed by atoms with van der Waals surface area (Å²) in [4.78, 5) is 25.2. The fourth-order valence-electron chi connectivity index (χ4n) is 3.43. The number of hydrazine groups is 1. The van der Waals surface area contributed by atoms with Gasteiger partial charge in [0.2, 0.25) is 11.0 Å². The number of amides is 3. The second-order valence-corrected chi connectivity index (χ2v) is 8.66. The van der Waals surface area contributed by atoms with Crippen LogP contribution in [0.2, 0.25) is 0 Å². The van der Waals surface area contributed by atoms with E-state index < -0.39 is 6.03 Å². The number of hydrogen-bond donors (Lipinski definition) is 3. The molecule has 2 aromatic rings. The Morgan fingerprint density at radius 3 is 2.64 bits per heavy atom. The minimum absolute atomic E-state index is 0.0840. The molecule has 3 amide bonds. The molecule has 150 valence electrons. The summed E-state index contributed by atoms with van der Waals surface area (Å²) >= 11 is 6.12. The Balaban J connectivity index is 1.60. The quantitative estimate of drug-likeness (QED) is 0.470. The van der Waals surface area contributed by atoms with E-state index in [4.69, 9.17) is 12.2 Å². The second kappa shape index (κ2) is 10.3. The highest BCUT2D eigenvalue weighted by atomic mass is 32.1. The summed E-state index contributed by atoms with van der Waals surface area (Å²) in [6, 6.07) is 9.09. The molecule has 0 aliphatic heterocycles. The molecule has 9 heteroatoms. The highest BCUT2D eigenvalue weighted by Crippen LogP contribution is 2.27. The van der Waals surface area contributed by atoms with Crippen molar-refractivity contribution < 1.29 is 9.59 Å². The number of urea groups is 1. The van der Waals surface area contributed by atoms with Crippen LogP contribution >= 0.6 is 23.6 Å². The van der Waals surface area contributed by atoms with Crippen LogP contribution in [0.4, 0.5) is 9.93 Å². The molecule has 0 unspecified atom stereocenters. The average Bonchev–Trinajstić information content (AvgIpc) is 3.11. The maximum atomic E-state index is 12.8. The van der Waals surface area contributed by atoms with Crippen molar-refractivity contribution in [3.8, 4) is 0 Å². The van der Waals surface area contributed by atoms with Gasteiger partial charge in [-0.25, -0.2) is 15.2 Å². The molecule has 0 atom stereocenters. The maximum Gasteiger partial charge on any atom is 0.339 e. The standard InChI is InChI=1S/C19H25N5O2S2/c25-16(12-11-14-7-3-1-4-8-14)24(13-15-9-5-2-6-10-15)23-17(26)20-18-21-22-19(27)28-18/h2,5-6,9-10,14H,1,3-4,7-8,11-13H2,(H,22,27)(H2,20,21,23,26). The molecule has 28 heavy (non-hydrogen) atoms. The van der Waals surface area contributed by atoms with Crippen molar-refractivity contribution in [2.24, 2.45) is 5.92 Å². The van der Waals surface area contributed by atoms with Gasteiger partial charge in [0, 0.05) is 6.42 Å². The molecule has 3 rings (SSSR count). The fourth-order valence-corrected chi connectivity index (χ4v) is 4.21. The molecule has 1 aliphatic rings. The van der Waals surface area contributed by atoms with Crippen molar-refractivity contribution in [1.29, 1.82) is 0 Å². The van der Waals surface area contributed by atoms with Crippen molar-refractivity contribution in [3.05, 3.63) is 39.8 Å². The van der Waals surface area contributed by atoms with E-state index in [1.54, 1.807) is 0 Å². The Bertz CT molecular complexity index is 830. The van der Waals surface area contributed by atoms with Crippen molar-refractivity contribution in [2.75, 3.05) is 5.32 Å². The van der Waals surface area contributed by atoms with Gasteiger partial charge in [-0.1, -0.05) is 73.8 Å². The molecule has 3 N–H and O–H groups in total. The van der Waals surface area contributed by atoms with E-state index in [1.807, 2.05) is 30.3 Å². The molecule has 7 nitrogen and oxygen atoms in total. The van der Waals surface area contributed by atoms with Gasteiger partial charge in [-0.05, 0) is 30.1 Å². The Morgan fingerprint density at radius 1 is 1.21 bits per heavy atom. The van der Waals surface area contributed by atoms with Crippen LogP contribution in [0.3, 0.4) is 0 Å². The molecule has 1 fully saturated rings. The van der Waals surface area contributed by atoms with Gasteiger partial charge in [-0.15, -0.1) is 5.10 Å². The largest absolute Gasteiger partial charge is 0.339 e. The zero-order valence-electron chi connectivity index (χ0n) is 15.6. The predicted molar refractivity (Wildman–Crippen MR) is 112 cm³/mol. The lowest BCUT2D eigenvalue weighted by Crippen LogP contribution is -2.47. The van der Waals surface area contributed by atoms with Gasteiger partial charge in [-0.2, -0.15) is 0 Å². The van der Waals surface area contributed by atoms with Crippen LogP contribution in [0.5, 0.6) is 0 Å². The van der Waals surface area contributed by atoms with E-state index in [-0.39, 0.29) is 5.91 Å². The molecular weight excluding hydrogens is 394 g/mol. The zero-order chi connectivity index (χ0) is 19.8. The van der Waals surface area contributed by atoms with E-state index in [2.05, 4.69) is 20.9 Å². The minimum atomic E-state index is -0.514. The third-order valence-corrected chi connectivity index (χ3v) is 5.88.